The van der Waals surface area contributed by atoms with Crippen molar-refractivity contribution in [3.05, 3.63) is 42.4 Å². The molecule has 2 rings (SSSR count). The lowest BCUT2D eigenvalue weighted by Crippen LogP contribution is -2.00. The van der Waals surface area contributed by atoms with Gasteiger partial charge in [-0.2, -0.15) is 0 Å². The van der Waals surface area contributed by atoms with Crippen LogP contribution in [0.25, 0.3) is 11.1 Å². The van der Waals surface area contributed by atoms with E-state index in [2.05, 4.69) is 9.97 Å². The number of aromatic nitrogens is 2. The standard InChI is InChI=1S/C12H13N3/c1-2-11-14-8-10(12(13)15-11)9-6-4-3-5-7-9/h3-8H,2H2,1H3,(H2,13,14,15). The van der Waals surface area contributed by atoms with Gasteiger partial charge in [-0.15, -0.1) is 0 Å². The molecule has 1 aromatic carbocycles. The number of nitrogens with two attached hydrogens (primary N) is 1. The van der Waals surface area contributed by atoms with E-state index in [0.29, 0.717) is 5.82 Å². The zero-order valence-electron chi connectivity index (χ0n) is 8.64. The van der Waals surface area contributed by atoms with Crippen LogP contribution in [0.2, 0.25) is 0 Å². The fraction of sp³-hybridized carbons (Fsp3) is 0.167. The van der Waals surface area contributed by atoms with Gasteiger partial charge in [0, 0.05) is 18.2 Å². The Hall–Kier alpha value is -1.90. The third-order valence-electron chi connectivity index (χ3n) is 2.27. The van der Waals surface area contributed by atoms with Gasteiger partial charge in [0.15, 0.2) is 0 Å². The van der Waals surface area contributed by atoms with E-state index in [0.717, 1.165) is 23.4 Å². The minimum absolute atomic E-state index is 0.549. The summed E-state index contributed by atoms with van der Waals surface area (Å²) < 4.78 is 0. The average Bonchev–Trinajstić information content (AvgIpc) is 2.30. The van der Waals surface area contributed by atoms with Crippen molar-refractivity contribution in [3.63, 3.8) is 0 Å². The number of nitrogens with zero attached hydrogens (tertiary/aromatic N) is 2. The maximum atomic E-state index is 5.88. The molecular weight excluding hydrogens is 186 g/mol. The summed E-state index contributed by atoms with van der Waals surface area (Å²) in [6, 6.07) is 9.92. The van der Waals surface area contributed by atoms with Crippen molar-refractivity contribution in [1.29, 1.82) is 0 Å². The lowest BCUT2D eigenvalue weighted by atomic mass is 10.1. The first-order valence-electron chi connectivity index (χ1n) is 4.98. The van der Waals surface area contributed by atoms with Crippen LogP contribution in [0.4, 0.5) is 5.82 Å². The number of aryl methyl sites for hydroxylation is 1. The molecule has 76 valence electrons. The highest BCUT2D eigenvalue weighted by Gasteiger charge is 2.04. The van der Waals surface area contributed by atoms with Crippen LogP contribution in [-0.2, 0) is 6.42 Å². The van der Waals surface area contributed by atoms with Crippen LogP contribution in [0.5, 0.6) is 0 Å². The third kappa shape index (κ3) is 1.96. The molecule has 0 aliphatic carbocycles. The van der Waals surface area contributed by atoms with Gasteiger partial charge in [0.2, 0.25) is 0 Å². The van der Waals surface area contributed by atoms with E-state index in [9.17, 15) is 0 Å². The summed E-state index contributed by atoms with van der Waals surface area (Å²) in [5.74, 6) is 1.33. The summed E-state index contributed by atoms with van der Waals surface area (Å²) >= 11 is 0. The topological polar surface area (TPSA) is 51.8 Å². The van der Waals surface area contributed by atoms with Crippen molar-refractivity contribution in [2.24, 2.45) is 0 Å². The first-order valence-corrected chi connectivity index (χ1v) is 4.98. The Bertz CT molecular complexity index is 452. The SMILES string of the molecule is CCc1ncc(-c2ccccc2)c(N)n1. The Morgan fingerprint density at radius 1 is 1.20 bits per heavy atom. The number of hydrogen-bond acceptors (Lipinski definition) is 3. The zero-order valence-corrected chi connectivity index (χ0v) is 8.64. The van der Waals surface area contributed by atoms with Gasteiger partial charge in [0.1, 0.15) is 11.6 Å². The molecule has 2 N–H and O–H groups in total. The van der Waals surface area contributed by atoms with E-state index in [4.69, 9.17) is 5.73 Å². The van der Waals surface area contributed by atoms with Gasteiger partial charge < -0.3 is 5.73 Å². The van der Waals surface area contributed by atoms with Crippen LogP contribution in [-0.4, -0.2) is 9.97 Å². The Morgan fingerprint density at radius 3 is 2.53 bits per heavy atom. The van der Waals surface area contributed by atoms with Gasteiger partial charge in [0.05, 0.1) is 0 Å². The second kappa shape index (κ2) is 4.09. The minimum Gasteiger partial charge on any atom is -0.383 e. The summed E-state index contributed by atoms with van der Waals surface area (Å²) in [4.78, 5) is 8.48. The fourth-order valence-electron chi connectivity index (χ4n) is 1.44. The van der Waals surface area contributed by atoms with Crippen molar-refractivity contribution >= 4 is 5.82 Å². The molecule has 3 nitrogen and oxygen atoms in total. The van der Waals surface area contributed by atoms with Gasteiger partial charge in [-0.1, -0.05) is 37.3 Å². The lowest BCUT2D eigenvalue weighted by molar-refractivity contribution is 0.946. The summed E-state index contributed by atoms with van der Waals surface area (Å²) in [7, 11) is 0. The molecule has 0 atom stereocenters. The van der Waals surface area contributed by atoms with Gasteiger partial charge in [0.25, 0.3) is 0 Å². The van der Waals surface area contributed by atoms with Crippen molar-refractivity contribution in [2.75, 3.05) is 5.73 Å². The summed E-state index contributed by atoms with van der Waals surface area (Å²) in [5.41, 5.74) is 7.83. The van der Waals surface area contributed by atoms with Crippen molar-refractivity contribution in [3.8, 4) is 11.1 Å². The summed E-state index contributed by atoms with van der Waals surface area (Å²) in [6.45, 7) is 2.01. The fourth-order valence-corrected chi connectivity index (χ4v) is 1.44. The molecule has 0 amide bonds. The Morgan fingerprint density at radius 2 is 1.93 bits per heavy atom. The maximum Gasteiger partial charge on any atom is 0.135 e. The largest absolute Gasteiger partial charge is 0.383 e. The lowest BCUT2D eigenvalue weighted by Gasteiger charge is -2.05. The summed E-state index contributed by atoms with van der Waals surface area (Å²) in [6.07, 6.45) is 2.59. The molecule has 0 bridgehead atoms. The van der Waals surface area contributed by atoms with Crippen molar-refractivity contribution in [2.45, 2.75) is 13.3 Å². The predicted octanol–water partition coefficient (Wildman–Crippen LogP) is 2.29. The molecule has 0 unspecified atom stereocenters. The first-order chi connectivity index (χ1) is 7.31. The van der Waals surface area contributed by atoms with E-state index >= 15 is 0 Å². The quantitative estimate of drug-likeness (QED) is 0.807. The van der Waals surface area contributed by atoms with E-state index in [1.54, 1.807) is 6.20 Å². The molecule has 0 saturated heterocycles. The summed E-state index contributed by atoms with van der Waals surface area (Å²) in [5, 5.41) is 0. The number of rotatable bonds is 2. The van der Waals surface area contributed by atoms with Crippen LogP contribution in [0.3, 0.4) is 0 Å². The smallest absolute Gasteiger partial charge is 0.135 e. The molecular formula is C12H13N3. The second-order valence-corrected chi connectivity index (χ2v) is 3.30. The van der Waals surface area contributed by atoms with E-state index in [1.807, 2.05) is 37.3 Å². The van der Waals surface area contributed by atoms with Gasteiger partial charge in [-0.25, -0.2) is 9.97 Å². The highest BCUT2D eigenvalue weighted by molar-refractivity contribution is 5.72. The molecule has 3 heteroatoms. The van der Waals surface area contributed by atoms with Crippen molar-refractivity contribution in [1.82, 2.24) is 9.97 Å². The van der Waals surface area contributed by atoms with E-state index < -0.39 is 0 Å². The van der Waals surface area contributed by atoms with E-state index in [1.165, 1.54) is 0 Å². The number of benzene rings is 1. The average molecular weight is 199 g/mol. The molecule has 2 aromatic rings. The highest BCUT2D eigenvalue weighted by atomic mass is 14.9. The van der Waals surface area contributed by atoms with Crippen molar-refractivity contribution < 1.29 is 0 Å². The van der Waals surface area contributed by atoms with E-state index in [-0.39, 0.29) is 0 Å². The minimum atomic E-state index is 0.549. The molecule has 1 heterocycles. The van der Waals surface area contributed by atoms with Crippen LogP contribution in [0.1, 0.15) is 12.7 Å². The number of anilines is 1. The van der Waals surface area contributed by atoms with Crippen LogP contribution in [0, 0.1) is 0 Å². The Labute approximate surface area is 89.0 Å². The molecule has 15 heavy (non-hydrogen) atoms. The van der Waals surface area contributed by atoms with Gasteiger partial charge in [-0.05, 0) is 5.56 Å². The monoisotopic (exact) mass is 199 g/mol. The van der Waals surface area contributed by atoms with Crippen LogP contribution in [0.15, 0.2) is 36.5 Å². The van der Waals surface area contributed by atoms with Gasteiger partial charge in [-0.3, -0.25) is 0 Å². The highest BCUT2D eigenvalue weighted by Crippen LogP contribution is 2.22. The number of hydrogen-bond donors (Lipinski definition) is 1. The van der Waals surface area contributed by atoms with Gasteiger partial charge >= 0.3 is 0 Å². The third-order valence-corrected chi connectivity index (χ3v) is 2.27. The molecule has 1 aromatic heterocycles. The second-order valence-electron chi connectivity index (χ2n) is 3.30. The van der Waals surface area contributed by atoms with Crippen LogP contribution < -0.4 is 5.73 Å². The number of nitrogen functional groups attached to an aromatic ring is 1. The Balaban J connectivity index is 2.46. The molecule has 0 saturated carbocycles. The molecule has 0 radical (unpaired) electrons. The zero-order chi connectivity index (χ0) is 10.7. The molecule has 0 aliphatic heterocycles. The normalized spacial score (nSPS) is 10.2. The maximum absolute atomic E-state index is 5.88. The first kappa shape index (κ1) is 9.65. The van der Waals surface area contributed by atoms with Crippen LogP contribution >= 0.6 is 0 Å². The Kier molecular flexibility index (Phi) is 2.63. The molecule has 0 spiro atoms. The molecule has 0 aliphatic rings. The molecule has 0 fully saturated rings. The predicted molar refractivity (Wildman–Crippen MR) is 61.3 cm³/mol.